The van der Waals surface area contributed by atoms with Gasteiger partial charge in [0.25, 0.3) is 0 Å². The molecule has 2 N–H and O–H groups in total. The van der Waals surface area contributed by atoms with Crippen LogP contribution in [0.25, 0.3) is 0 Å². The van der Waals surface area contributed by atoms with Crippen LogP contribution >= 0.6 is 0 Å². The minimum Gasteiger partial charge on any atom is -0.497 e. The summed E-state index contributed by atoms with van der Waals surface area (Å²) < 4.78 is 16.5. The van der Waals surface area contributed by atoms with Gasteiger partial charge < -0.3 is 24.8 Å². The van der Waals surface area contributed by atoms with Crippen LogP contribution in [0.1, 0.15) is 44.2 Å². The number of benzene rings is 1. The summed E-state index contributed by atoms with van der Waals surface area (Å²) in [5, 5.41) is 6.81. The number of methoxy groups -OCH3 is 1. The van der Waals surface area contributed by atoms with E-state index in [-0.39, 0.29) is 6.04 Å². The molecule has 170 valence electrons. The Hall–Kier alpha value is -1.83. The summed E-state index contributed by atoms with van der Waals surface area (Å²) >= 11 is 0. The topological polar surface area (TPSA) is 67.3 Å². The molecule has 0 bridgehead atoms. The minimum absolute atomic E-state index is 0.290. The van der Waals surface area contributed by atoms with Gasteiger partial charge in [-0.1, -0.05) is 25.5 Å². The van der Waals surface area contributed by atoms with Crippen molar-refractivity contribution in [2.24, 2.45) is 4.99 Å². The van der Waals surface area contributed by atoms with Gasteiger partial charge in [0.05, 0.1) is 33.0 Å². The first-order valence-electron chi connectivity index (χ1n) is 11.3. The Labute approximate surface area is 182 Å². The van der Waals surface area contributed by atoms with E-state index in [4.69, 9.17) is 14.2 Å². The number of hydrogen-bond acceptors (Lipinski definition) is 5. The van der Waals surface area contributed by atoms with Gasteiger partial charge in [0, 0.05) is 26.7 Å². The molecule has 1 atom stereocenters. The largest absolute Gasteiger partial charge is 0.497 e. The number of aliphatic imine (C=N–C) groups is 1. The van der Waals surface area contributed by atoms with Crippen LogP contribution in [0.5, 0.6) is 5.75 Å². The second kappa shape index (κ2) is 15.0. The summed E-state index contributed by atoms with van der Waals surface area (Å²) in [6, 6.07) is 8.66. The zero-order chi connectivity index (χ0) is 21.4. The highest BCUT2D eigenvalue weighted by Crippen LogP contribution is 2.27. The quantitative estimate of drug-likeness (QED) is 0.274. The molecule has 1 heterocycles. The maximum absolute atomic E-state index is 5.62. The lowest BCUT2D eigenvalue weighted by Crippen LogP contribution is -2.43. The van der Waals surface area contributed by atoms with Crippen LogP contribution in [0, 0.1) is 0 Å². The molecule has 0 spiro atoms. The van der Waals surface area contributed by atoms with Gasteiger partial charge in [0.1, 0.15) is 5.75 Å². The van der Waals surface area contributed by atoms with Gasteiger partial charge in [-0.05, 0) is 50.0 Å². The first kappa shape index (κ1) is 24.4. The lowest BCUT2D eigenvalue weighted by atomic mass is 10.1. The molecule has 7 heteroatoms. The number of nitrogens with zero attached hydrogens (tertiary/aromatic N) is 2. The predicted octanol–water partition coefficient (Wildman–Crippen LogP) is 2.83. The average molecular weight is 421 g/mol. The van der Waals surface area contributed by atoms with Gasteiger partial charge in [-0.3, -0.25) is 9.89 Å². The number of rotatable bonds is 14. The summed E-state index contributed by atoms with van der Waals surface area (Å²) in [7, 11) is 3.52. The maximum atomic E-state index is 5.62. The van der Waals surface area contributed by atoms with Crippen molar-refractivity contribution in [2.45, 2.75) is 38.6 Å². The summed E-state index contributed by atoms with van der Waals surface area (Å²) in [6.07, 6.45) is 4.78. The van der Waals surface area contributed by atoms with Gasteiger partial charge in [-0.25, -0.2) is 0 Å². The van der Waals surface area contributed by atoms with Gasteiger partial charge in [0.2, 0.25) is 0 Å². The normalized spacial score (nSPS) is 15.9. The average Bonchev–Trinajstić information content (AvgIpc) is 3.31. The number of ether oxygens (including phenoxy) is 3. The van der Waals surface area contributed by atoms with Crippen molar-refractivity contribution in [3.63, 3.8) is 0 Å². The standard InChI is InChI=1S/C23H40N4O3/c1-4-5-14-29-16-17-30-15-11-25-23(24-2)26-19-22(27-12-6-7-13-27)20-9-8-10-21(18-20)28-3/h8-10,18,22H,4-7,11-17,19H2,1-3H3,(H2,24,25,26). The summed E-state index contributed by atoms with van der Waals surface area (Å²) in [4.78, 5) is 6.89. The van der Waals surface area contributed by atoms with Crippen molar-refractivity contribution in [1.29, 1.82) is 0 Å². The van der Waals surface area contributed by atoms with Gasteiger partial charge >= 0.3 is 0 Å². The zero-order valence-corrected chi connectivity index (χ0v) is 19.0. The third-order valence-electron chi connectivity index (χ3n) is 5.30. The summed E-state index contributed by atoms with van der Waals surface area (Å²) in [6.45, 7) is 8.66. The van der Waals surface area contributed by atoms with E-state index in [1.807, 2.05) is 6.07 Å². The summed E-state index contributed by atoms with van der Waals surface area (Å²) in [5.41, 5.74) is 1.27. The molecule has 7 nitrogen and oxygen atoms in total. The molecule has 1 aromatic carbocycles. The zero-order valence-electron chi connectivity index (χ0n) is 19.0. The second-order valence-corrected chi connectivity index (χ2v) is 7.49. The third kappa shape index (κ3) is 8.90. The van der Waals surface area contributed by atoms with E-state index in [2.05, 4.69) is 45.6 Å². The van der Waals surface area contributed by atoms with Crippen molar-refractivity contribution >= 4 is 5.96 Å². The Kier molecular flexibility index (Phi) is 12.3. The Bertz CT molecular complexity index is 606. The fourth-order valence-corrected chi connectivity index (χ4v) is 3.58. The van der Waals surface area contributed by atoms with Crippen molar-refractivity contribution in [2.75, 3.05) is 66.8 Å². The van der Waals surface area contributed by atoms with Crippen LogP contribution in [-0.2, 0) is 9.47 Å². The van der Waals surface area contributed by atoms with Crippen LogP contribution in [0.2, 0.25) is 0 Å². The SMILES string of the molecule is CCCCOCCOCCNC(=NC)NCC(c1cccc(OC)c1)N1CCCC1. The van der Waals surface area contributed by atoms with Crippen molar-refractivity contribution in [3.05, 3.63) is 29.8 Å². The first-order valence-corrected chi connectivity index (χ1v) is 11.3. The molecule has 0 amide bonds. The lowest BCUT2D eigenvalue weighted by molar-refractivity contribution is 0.0487. The van der Waals surface area contributed by atoms with Crippen LogP contribution in [0.3, 0.4) is 0 Å². The van der Waals surface area contributed by atoms with E-state index in [0.29, 0.717) is 26.4 Å². The van der Waals surface area contributed by atoms with Crippen molar-refractivity contribution < 1.29 is 14.2 Å². The highest BCUT2D eigenvalue weighted by atomic mass is 16.5. The Balaban J connectivity index is 1.74. The van der Waals surface area contributed by atoms with E-state index >= 15 is 0 Å². The Morgan fingerprint density at radius 2 is 1.87 bits per heavy atom. The van der Waals surface area contributed by atoms with E-state index in [9.17, 15) is 0 Å². The Morgan fingerprint density at radius 3 is 2.57 bits per heavy atom. The molecule has 1 saturated heterocycles. The van der Waals surface area contributed by atoms with Crippen molar-refractivity contribution in [3.8, 4) is 5.75 Å². The first-order chi connectivity index (χ1) is 14.8. The molecule has 1 aliphatic rings. The van der Waals surface area contributed by atoms with E-state index in [1.54, 1.807) is 14.2 Å². The van der Waals surface area contributed by atoms with Gasteiger partial charge in [-0.2, -0.15) is 0 Å². The molecule has 0 aliphatic carbocycles. The van der Waals surface area contributed by atoms with E-state index in [1.165, 1.54) is 18.4 Å². The predicted molar refractivity (Wildman–Crippen MR) is 122 cm³/mol. The van der Waals surface area contributed by atoms with Crippen LogP contribution in [-0.4, -0.2) is 77.6 Å². The van der Waals surface area contributed by atoms with Crippen molar-refractivity contribution in [1.82, 2.24) is 15.5 Å². The molecule has 1 fully saturated rings. The number of guanidine groups is 1. The fourth-order valence-electron chi connectivity index (χ4n) is 3.58. The molecule has 1 aromatic rings. The number of nitrogens with one attached hydrogen (secondary N) is 2. The molecule has 30 heavy (non-hydrogen) atoms. The monoisotopic (exact) mass is 420 g/mol. The van der Waals surface area contributed by atoms with Crippen LogP contribution in [0.4, 0.5) is 0 Å². The molecular formula is C23H40N4O3. The number of hydrogen-bond donors (Lipinski definition) is 2. The van der Waals surface area contributed by atoms with Crippen LogP contribution in [0.15, 0.2) is 29.3 Å². The minimum atomic E-state index is 0.290. The van der Waals surface area contributed by atoms with E-state index < -0.39 is 0 Å². The molecule has 0 saturated carbocycles. The van der Waals surface area contributed by atoms with E-state index in [0.717, 1.165) is 50.8 Å². The molecular weight excluding hydrogens is 380 g/mol. The number of unbranched alkanes of at least 4 members (excludes halogenated alkanes) is 1. The highest BCUT2D eigenvalue weighted by molar-refractivity contribution is 5.79. The van der Waals surface area contributed by atoms with Gasteiger partial charge in [0.15, 0.2) is 5.96 Å². The highest BCUT2D eigenvalue weighted by Gasteiger charge is 2.24. The van der Waals surface area contributed by atoms with Crippen LogP contribution < -0.4 is 15.4 Å². The lowest BCUT2D eigenvalue weighted by Gasteiger charge is -2.29. The molecule has 0 radical (unpaired) electrons. The molecule has 0 aromatic heterocycles. The molecule has 1 aliphatic heterocycles. The summed E-state index contributed by atoms with van der Waals surface area (Å²) in [5.74, 6) is 1.69. The maximum Gasteiger partial charge on any atom is 0.191 e. The van der Waals surface area contributed by atoms with Gasteiger partial charge in [-0.15, -0.1) is 0 Å². The molecule has 1 unspecified atom stereocenters. The number of likely N-dealkylation sites (tertiary alicyclic amines) is 1. The smallest absolute Gasteiger partial charge is 0.191 e. The molecule has 2 rings (SSSR count). The Morgan fingerprint density at radius 1 is 1.10 bits per heavy atom. The fraction of sp³-hybridized carbons (Fsp3) is 0.696. The second-order valence-electron chi connectivity index (χ2n) is 7.49. The third-order valence-corrected chi connectivity index (χ3v) is 5.30.